The van der Waals surface area contributed by atoms with E-state index >= 15 is 0 Å². The molecule has 15 heavy (non-hydrogen) atoms. The molecule has 0 aliphatic heterocycles. The zero-order valence-electron chi connectivity index (χ0n) is 8.68. The first-order valence-electron chi connectivity index (χ1n) is 5.06. The van der Waals surface area contributed by atoms with E-state index in [9.17, 15) is 0 Å². The van der Waals surface area contributed by atoms with Crippen LogP contribution in [0.3, 0.4) is 0 Å². The number of hydrogen-bond acceptors (Lipinski definition) is 2. The number of rotatable bonds is 3. The van der Waals surface area contributed by atoms with Crippen molar-refractivity contribution in [2.75, 3.05) is 0 Å². The summed E-state index contributed by atoms with van der Waals surface area (Å²) in [5.41, 5.74) is 1.22. The minimum absolute atomic E-state index is 0.825. The largest absolute Gasteiger partial charge is 0.457 e. The Labute approximate surface area is 89.6 Å². The van der Waals surface area contributed by atoms with Gasteiger partial charge in [0.1, 0.15) is 11.5 Å². The molecule has 1 aromatic carbocycles. The summed E-state index contributed by atoms with van der Waals surface area (Å²) in [4.78, 5) is 3.95. The van der Waals surface area contributed by atoms with Crippen LogP contribution >= 0.6 is 0 Å². The van der Waals surface area contributed by atoms with Gasteiger partial charge >= 0.3 is 0 Å². The molecule has 0 aliphatic rings. The fraction of sp³-hybridized carbons (Fsp3) is 0.154. The molecule has 1 heterocycles. The van der Waals surface area contributed by atoms with E-state index in [0.717, 1.165) is 17.9 Å². The molecule has 0 saturated heterocycles. The van der Waals surface area contributed by atoms with Crippen LogP contribution in [0.25, 0.3) is 0 Å². The molecule has 2 aromatic rings. The molecule has 2 rings (SSSR count). The van der Waals surface area contributed by atoms with E-state index in [4.69, 9.17) is 4.74 Å². The van der Waals surface area contributed by atoms with E-state index in [1.807, 2.05) is 30.3 Å². The van der Waals surface area contributed by atoms with Crippen LogP contribution in [0.2, 0.25) is 0 Å². The predicted octanol–water partition coefficient (Wildman–Crippen LogP) is 3.44. The highest BCUT2D eigenvalue weighted by molar-refractivity contribution is 5.37. The molecule has 2 nitrogen and oxygen atoms in total. The average molecular weight is 199 g/mol. The maximum atomic E-state index is 5.76. The minimum Gasteiger partial charge on any atom is -0.457 e. The second-order valence-corrected chi connectivity index (χ2v) is 3.25. The highest BCUT2D eigenvalue weighted by Gasteiger charge is 2.01. The van der Waals surface area contributed by atoms with Gasteiger partial charge in [0.25, 0.3) is 0 Å². The Hall–Kier alpha value is -1.83. The lowest BCUT2D eigenvalue weighted by atomic mass is 10.1. The van der Waals surface area contributed by atoms with Crippen LogP contribution in [0.15, 0.2) is 48.8 Å². The lowest BCUT2D eigenvalue weighted by Gasteiger charge is -2.08. The number of ether oxygens (including phenoxy) is 1. The highest BCUT2D eigenvalue weighted by Crippen LogP contribution is 2.24. The number of nitrogens with zero attached hydrogens (tertiary/aromatic N) is 1. The van der Waals surface area contributed by atoms with E-state index in [2.05, 4.69) is 18.0 Å². The third-order valence-electron chi connectivity index (χ3n) is 2.23. The van der Waals surface area contributed by atoms with Crippen LogP contribution in [0, 0.1) is 0 Å². The number of benzene rings is 1. The Morgan fingerprint density at radius 1 is 1.07 bits per heavy atom. The summed E-state index contributed by atoms with van der Waals surface area (Å²) in [5, 5.41) is 0. The van der Waals surface area contributed by atoms with E-state index in [1.54, 1.807) is 12.4 Å². The molecule has 0 N–H and O–H groups in total. The van der Waals surface area contributed by atoms with Crippen molar-refractivity contribution in [3.63, 3.8) is 0 Å². The lowest BCUT2D eigenvalue weighted by molar-refractivity contribution is 0.476. The molecule has 0 unspecified atom stereocenters. The molecule has 0 bridgehead atoms. The number of para-hydroxylation sites is 1. The fourth-order valence-corrected chi connectivity index (χ4v) is 1.43. The second kappa shape index (κ2) is 4.60. The van der Waals surface area contributed by atoms with E-state index in [-0.39, 0.29) is 0 Å². The van der Waals surface area contributed by atoms with Crippen LogP contribution in [-0.4, -0.2) is 4.98 Å². The van der Waals surface area contributed by atoms with E-state index < -0.39 is 0 Å². The van der Waals surface area contributed by atoms with Crippen LogP contribution in [0.4, 0.5) is 0 Å². The third kappa shape index (κ3) is 2.34. The zero-order chi connectivity index (χ0) is 10.5. The normalized spacial score (nSPS) is 9.93. The van der Waals surface area contributed by atoms with Gasteiger partial charge in [-0.15, -0.1) is 0 Å². The van der Waals surface area contributed by atoms with Gasteiger partial charge in [0, 0.05) is 12.4 Å². The second-order valence-electron chi connectivity index (χ2n) is 3.25. The van der Waals surface area contributed by atoms with Gasteiger partial charge in [0.05, 0.1) is 0 Å². The highest BCUT2D eigenvalue weighted by atomic mass is 16.5. The summed E-state index contributed by atoms with van der Waals surface area (Å²) >= 11 is 0. The van der Waals surface area contributed by atoms with Crippen molar-refractivity contribution in [3.8, 4) is 11.5 Å². The predicted molar refractivity (Wildman–Crippen MR) is 60.1 cm³/mol. The molecule has 0 spiro atoms. The van der Waals surface area contributed by atoms with E-state index in [1.165, 1.54) is 5.56 Å². The SMILES string of the molecule is CCc1ccccc1Oc1ccncc1. The van der Waals surface area contributed by atoms with Gasteiger partial charge in [-0.25, -0.2) is 0 Å². The van der Waals surface area contributed by atoms with Crippen molar-refractivity contribution in [2.45, 2.75) is 13.3 Å². The molecule has 0 radical (unpaired) electrons. The number of aromatic nitrogens is 1. The average Bonchev–Trinajstić information content (AvgIpc) is 2.31. The minimum atomic E-state index is 0.825. The number of aryl methyl sites for hydroxylation is 1. The standard InChI is InChI=1S/C13H13NO/c1-2-11-5-3-4-6-13(11)15-12-7-9-14-10-8-12/h3-10H,2H2,1H3. The number of hydrogen-bond donors (Lipinski definition) is 0. The first kappa shape index (κ1) is 9.71. The van der Waals surface area contributed by atoms with Crippen LogP contribution < -0.4 is 4.74 Å². The molecule has 0 saturated carbocycles. The van der Waals surface area contributed by atoms with Gasteiger partial charge in [0.15, 0.2) is 0 Å². The maximum Gasteiger partial charge on any atom is 0.130 e. The van der Waals surface area contributed by atoms with Gasteiger partial charge in [-0.2, -0.15) is 0 Å². The Morgan fingerprint density at radius 2 is 1.80 bits per heavy atom. The number of pyridine rings is 1. The Balaban J connectivity index is 2.24. The Bertz CT molecular complexity index is 426. The van der Waals surface area contributed by atoms with Crippen molar-refractivity contribution < 1.29 is 4.74 Å². The van der Waals surface area contributed by atoms with Gasteiger partial charge in [-0.05, 0) is 30.2 Å². The van der Waals surface area contributed by atoms with Gasteiger partial charge in [0.2, 0.25) is 0 Å². The molecule has 0 amide bonds. The molecular weight excluding hydrogens is 186 g/mol. The monoisotopic (exact) mass is 199 g/mol. The smallest absolute Gasteiger partial charge is 0.130 e. The Kier molecular flexibility index (Phi) is 2.98. The first-order valence-corrected chi connectivity index (χ1v) is 5.06. The Morgan fingerprint density at radius 3 is 2.53 bits per heavy atom. The summed E-state index contributed by atoms with van der Waals surface area (Å²) in [6.07, 6.45) is 4.43. The van der Waals surface area contributed by atoms with Gasteiger partial charge < -0.3 is 4.74 Å². The molecule has 1 aromatic heterocycles. The molecule has 76 valence electrons. The summed E-state index contributed by atoms with van der Waals surface area (Å²) in [7, 11) is 0. The van der Waals surface area contributed by atoms with Gasteiger partial charge in [-0.1, -0.05) is 25.1 Å². The topological polar surface area (TPSA) is 22.1 Å². The lowest BCUT2D eigenvalue weighted by Crippen LogP contribution is -1.89. The van der Waals surface area contributed by atoms with Crippen molar-refractivity contribution in [1.82, 2.24) is 4.98 Å². The third-order valence-corrected chi connectivity index (χ3v) is 2.23. The van der Waals surface area contributed by atoms with Gasteiger partial charge in [-0.3, -0.25) is 4.98 Å². The fourth-order valence-electron chi connectivity index (χ4n) is 1.43. The first-order chi connectivity index (χ1) is 7.40. The van der Waals surface area contributed by atoms with Crippen molar-refractivity contribution in [3.05, 3.63) is 54.4 Å². The molecule has 0 atom stereocenters. The van der Waals surface area contributed by atoms with E-state index in [0.29, 0.717) is 0 Å². The maximum absolute atomic E-state index is 5.76. The summed E-state index contributed by atoms with van der Waals surface area (Å²) in [6, 6.07) is 11.8. The van der Waals surface area contributed by atoms with Crippen LogP contribution in [-0.2, 0) is 6.42 Å². The molecule has 2 heteroatoms. The van der Waals surface area contributed by atoms with Crippen LogP contribution in [0.1, 0.15) is 12.5 Å². The molecule has 0 aliphatic carbocycles. The van der Waals surface area contributed by atoms with Crippen molar-refractivity contribution in [1.29, 1.82) is 0 Å². The molecular formula is C13H13NO. The molecule has 0 fully saturated rings. The van der Waals surface area contributed by atoms with Crippen LogP contribution in [0.5, 0.6) is 11.5 Å². The van der Waals surface area contributed by atoms with Crippen molar-refractivity contribution >= 4 is 0 Å². The summed E-state index contributed by atoms with van der Waals surface area (Å²) in [5.74, 6) is 1.75. The van der Waals surface area contributed by atoms with Crippen molar-refractivity contribution in [2.24, 2.45) is 0 Å². The quantitative estimate of drug-likeness (QED) is 0.755. The summed E-state index contributed by atoms with van der Waals surface area (Å²) < 4.78 is 5.76. The summed E-state index contributed by atoms with van der Waals surface area (Å²) in [6.45, 7) is 2.12. The zero-order valence-corrected chi connectivity index (χ0v) is 8.68.